The van der Waals surface area contributed by atoms with Crippen molar-refractivity contribution in [3.63, 3.8) is 0 Å². The fourth-order valence-electron chi connectivity index (χ4n) is 5.91. The second-order valence-corrected chi connectivity index (χ2v) is 17.1. The van der Waals surface area contributed by atoms with Crippen LogP contribution in [0.4, 0.5) is 4.79 Å². The number of hydrogen-bond donors (Lipinski definition) is 6. The number of alkyl carbamates (subject to hydrolysis) is 1. The van der Waals surface area contributed by atoms with Crippen LogP contribution in [-0.2, 0) is 33.7 Å². The van der Waals surface area contributed by atoms with Gasteiger partial charge in [-0.1, -0.05) is 34.6 Å². The fourth-order valence-corrected chi connectivity index (χ4v) is 7.60. The van der Waals surface area contributed by atoms with Crippen molar-refractivity contribution in [3.8, 4) is 0 Å². The van der Waals surface area contributed by atoms with Crippen molar-refractivity contribution in [1.82, 2.24) is 10.0 Å². The summed E-state index contributed by atoms with van der Waals surface area (Å²) < 4.78 is 59.3. The molecule has 270 valence electrons. The molecule has 1 amide bonds. The average Bonchev–Trinajstić information content (AvgIpc) is 2.92. The highest BCUT2D eigenvalue weighted by molar-refractivity contribution is 7.89. The Balaban J connectivity index is 1.97. The lowest BCUT2D eigenvalue weighted by Crippen LogP contribution is -2.68. The van der Waals surface area contributed by atoms with E-state index in [9.17, 15) is 33.6 Å². The van der Waals surface area contributed by atoms with Crippen LogP contribution in [0, 0.1) is 11.3 Å². The van der Waals surface area contributed by atoms with Crippen molar-refractivity contribution in [2.75, 3.05) is 12.4 Å². The Labute approximate surface area is 273 Å². The summed E-state index contributed by atoms with van der Waals surface area (Å²) in [5, 5.41) is 45.3. The maximum atomic E-state index is 13.4. The number of aliphatic hydroxyl groups is 4. The normalized spacial score (nSPS) is 37.9. The summed E-state index contributed by atoms with van der Waals surface area (Å²) in [7, 11) is -3.93. The molecule has 12 unspecified atom stereocenters. The summed E-state index contributed by atoms with van der Waals surface area (Å²) in [6.07, 6.45) is -8.03. The van der Waals surface area contributed by atoms with E-state index in [4.69, 9.17) is 23.7 Å². The number of sulfonamides is 1. The molecule has 14 nitrogen and oxygen atoms in total. The maximum absolute atomic E-state index is 13.4. The third kappa shape index (κ3) is 11.5. The molecule has 2 heterocycles. The molecule has 1 saturated carbocycles. The molecule has 0 aromatic heterocycles. The van der Waals surface area contributed by atoms with Crippen LogP contribution >= 0.6 is 0 Å². The van der Waals surface area contributed by atoms with Gasteiger partial charge in [0.1, 0.15) is 36.1 Å². The molecular formula is C31H58N2O12S. The quantitative estimate of drug-likeness (QED) is 0.184. The van der Waals surface area contributed by atoms with Gasteiger partial charge in [-0.3, -0.25) is 0 Å². The van der Waals surface area contributed by atoms with Gasteiger partial charge in [-0.2, -0.15) is 0 Å². The van der Waals surface area contributed by atoms with Crippen molar-refractivity contribution in [2.24, 2.45) is 11.3 Å². The maximum Gasteiger partial charge on any atom is 0.407 e. The lowest BCUT2D eigenvalue weighted by Gasteiger charge is -2.48. The minimum Gasteiger partial charge on any atom is -0.444 e. The number of hydrogen-bond acceptors (Lipinski definition) is 12. The molecule has 3 rings (SSSR count). The first-order valence-electron chi connectivity index (χ1n) is 16.5. The zero-order valence-corrected chi connectivity index (χ0v) is 29.4. The van der Waals surface area contributed by atoms with Gasteiger partial charge in [-0.25, -0.2) is 17.9 Å². The Bertz CT molecular complexity index is 1080. The second kappa shape index (κ2) is 16.0. The van der Waals surface area contributed by atoms with Crippen LogP contribution in [0.25, 0.3) is 0 Å². The number of amides is 1. The van der Waals surface area contributed by atoms with Gasteiger partial charge in [-0.15, -0.1) is 0 Å². The van der Waals surface area contributed by atoms with Crippen LogP contribution in [0.1, 0.15) is 93.9 Å². The summed E-state index contributed by atoms with van der Waals surface area (Å²) >= 11 is 0. The number of nitrogens with one attached hydrogen (secondary N) is 2. The third-order valence-corrected chi connectivity index (χ3v) is 10.0. The largest absolute Gasteiger partial charge is 0.444 e. The minimum absolute atomic E-state index is 0.0412. The van der Waals surface area contributed by atoms with Crippen molar-refractivity contribution in [1.29, 1.82) is 0 Å². The lowest BCUT2D eigenvalue weighted by molar-refractivity contribution is -0.313. The first-order valence-corrected chi connectivity index (χ1v) is 18.1. The Hall–Kier alpha value is -1.14. The monoisotopic (exact) mass is 682 g/mol. The number of rotatable bonds is 11. The molecule has 2 aliphatic heterocycles. The second-order valence-electron chi connectivity index (χ2n) is 15.2. The molecule has 6 N–H and O–H groups in total. The molecule has 15 heteroatoms. The Morgan fingerprint density at radius 3 is 2.13 bits per heavy atom. The number of ether oxygens (including phenoxy) is 5. The molecule has 3 fully saturated rings. The Kier molecular flexibility index (Phi) is 13.7. The first-order chi connectivity index (χ1) is 21.2. The molecule has 12 atom stereocenters. The third-order valence-electron chi connectivity index (χ3n) is 8.62. The standard InChI is InChI=1S/C31H58N2O12S/c1-9-18-11-10-17(2)27(41-18)43-25-19(32-29(38)45-31(6,7)8)14-20(33-46(39,40)13-12-30(3,4)5)26(24(25)37)44-28-22(36)15-21(35)23(16-34)42-28/h17-28,33-37H,9-16H2,1-8H3,(H,32,38). The van der Waals surface area contributed by atoms with Gasteiger partial charge in [0.25, 0.3) is 0 Å². The van der Waals surface area contributed by atoms with Crippen LogP contribution < -0.4 is 10.0 Å². The predicted octanol–water partition coefficient (Wildman–Crippen LogP) is 1.52. The van der Waals surface area contributed by atoms with Gasteiger partial charge in [0, 0.05) is 12.3 Å². The van der Waals surface area contributed by atoms with Crippen molar-refractivity contribution in [3.05, 3.63) is 0 Å². The highest BCUT2D eigenvalue weighted by atomic mass is 32.2. The van der Waals surface area contributed by atoms with Gasteiger partial charge < -0.3 is 49.4 Å². The van der Waals surface area contributed by atoms with Gasteiger partial charge >= 0.3 is 6.09 Å². The fraction of sp³-hybridized carbons (Fsp3) is 0.968. The molecule has 1 aliphatic carbocycles. The van der Waals surface area contributed by atoms with Gasteiger partial charge in [0.15, 0.2) is 12.6 Å². The average molecular weight is 683 g/mol. The molecule has 2 saturated heterocycles. The van der Waals surface area contributed by atoms with E-state index in [1.165, 1.54) is 0 Å². The smallest absolute Gasteiger partial charge is 0.407 e. The molecule has 3 aliphatic rings. The summed E-state index contributed by atoms with van der Waals surface area (Å²) in [5.41, 5.74) is -1.10. The van der Waals surface area contributed by atoms with Gasteiger partial charge in [0.05, 0.1) is 36.7 Å². The van der Waals surface area contributed by atoms with E-state index >= 15 is 0 Å². The van der Waals surface area contributed by atoms with E-state index in [-0.39, 0.29) is 36.0 Å². The van der Waals surface area contributed by atoms with Crippen LogP contribution in [0.5, 0.6) is 0 Å². The molecule has 0 aromatic rings. The zero-order chi connectivity index (χ0) is 34.6. The SMILES string of the molecule is CCC1CCC(C)C(OC2C(NC(=O)OC(C)(C)C)CC(NS(=O)(=O)CCC(C)(C)C)C(OC3OC(CO)C(O)CC3O)C2O)O1. The van der Waals surface area contributed by atoms with E-state index in [1.807, 2.05) is 34.6 Å². The summed E-state index contributed by atoms with van der Waals surface area (Å²) in [6, 6.07) is -2.05. The summed E-state index contributed by atoms with van der Waals surface area (Å²) in [4.78, 5) is 13.0. The molecule has 0 aromatic carbocycles. The molecule has 0 bridgehead atoms. The van der Waals surface area contributed by atoms with Crippen molar-refractivity contribution >= 4 is 16.1 Å². The van der Waals surface area contributed by atoms with Crippen LogP contribution in [0.3, 0.4) is 0 Å². The van der Waals surface area contributed by atoms with E-state index in [0.717, 1.165) is 19.3 Å². The Morgan fingerprint density at radius 1 is 0.913 bits per heavy atom. The van der Waals surface area contributed by atoms with Crippen LogP contribution in [0.2, 0.25) is 0 Å². The van der Waals surface area contributed by atoms with E-state index in [2.05, 4.69) is 10.0 Å². The molecule has 0 spiro atoms. The van der Waals surface area contributed by atoms with Crippen LogP contribution in [-0.4, -0.2) is 120 Å². The highest BCUT2D eigenvalue weighted by Crippen LogP contribution is 2.35. The van der Waals surface area contributed by atoms with Gasteiger partial charge in [0.2, 0.25) is 10.0 Å². The molecule has 0 radical (unpaired) electrons. The number of carbonyl (C=O) groups excluding carboxylic acids is 1. The number of carbonyl (C=O) groups is 1. The van der Waals surface area contributed by atoms with Crippen LogP contribution in [0.15, 0.2) is 0 Å². The number of aliphatic hydroxyl groups excluding tert-OH is 4. The van der Waals surface area contributed by atoms with Crippen molar-refractivity contribution < 1.29 is 57.3 Å². The Morgan fingerprint density at radius 2 is 1.54 bits per heavy atom. The van der Waals surface area contributed by atoms with Gasteiger partial charge in [-0.05, 0) is 58.3 Å². The van der Waals surface area contributed by atoms with Crippen molar-refractivity contribution in [2.45, 2.75) is 167 Å². The lowest BCUT2D eigenvalue weighted by atomic mass is 9.83. The first kappa shape index (κ1) is 39.3. The minimum atomic E-state index is -3.93. The van der Waals surface area contributed by atoms with E-state index in [0.29, 0.717) is 6.42 Å². The zero-order valence-electron chi connectivity index (χ0n) is 28.5. The topological polar surface area (TPSA) is 202 Å². The van der Waals surface area contributed by atoms with E-state index in [1.54, 1.807) is 20.8 Å². The molecule has 46 heavy (non-hydrogen) atoms. The predicted molar refractivity (Wildman–Crippen MR) is 168 cm³/mol. The highest BCUT2D eigenvalue weighted by Gasteiger charge is 2.51. The molecular weight excluding hydrogens is 624 g/mol. The summed E-state index contributed by atoms with van der Waals surface area (Å²) in [5.74, 6) is -0.243. The van der Waals surface area contributed by atoms with E-state index < -0.39 is 89.6 Å². The summed E-state index contributed by atoms with van der Waals surface area (Å²) in [6.45, 7) is 14.3.